The molecule has 0 spiro atoms. The Labute approximate surface area is 297 Å². The third-order valence-corrected chi connectivity index (χ3v) is 10.4. The maximum atomic E-state index is 12.3. The smallest absolute Gasteiger partial charge is 0.211 e. The van der Waals surface area contributed by atoms with Gasteiger partial charge in [-0.05, 0) is 101 Å². The molecule has 3 rings (SSSR count). The molecule has 0 bridgehead atoms. The van der Waals surface area contributed by atoms with E-state index in [4.69, 9.17) is 0 Å². The number of hydrogen-bond donors (Lipinski definition) is 0. The van der Waals surface area contributed by atoms with E-state index < -0.39 is 0 Å². The van der Waals surface area contributed by atoms with Crippen LogP contribution in [0.2, 0.25) is 0 Å². The highest BCUT2D eigenvalue weighted by Crippen LogP contribution is 2.45. The Hall–Kier alpha value is -2.48. The molecule has 0 radical (unpaired) electrons. The lowest BCUT2D eigenvalue weighted by molar-refractivity contribution is -0.345. The first-order chi connectivity index (χ1) is 23.4. The minimum absolute atomic E-state index is 1.02. The van der Waals surface area contributed by atoms with Crippen LogP contribution < -0.4 is 0 Å². The molecule has 2 aromatic rings. The molecule has 0 saturated carbocycles. The average Bonchev–Trinajstić information content (AvgIpc) is 3.34. The fraction of sp³-hybridized carbons (Fsp3) is 0.652. The van der Waals surface area contributed by atoms with Gasteiger partial charge in [0.2, 0.25) is 11.4 Å². The maximum Gasteiger partial charge on any atom is 0.211 e. The summed E-state index contributed by atoms with van der Waals surface area (Å²) in [6.07, 6.45) is 30.5. The largest absolute Gasteiger partial charge is 0.493 e. The summed E-state index contributed by atoms with van der Waals surface area (Å²) in [5.41, 5.74) is 24.9. The highest BCUT2D eigenvalue weighted by Gasteiger charge is 2.35. The van der Waals surface area contributed by atoms with Crippen molar-refractivity contribution in [2.75, 3.05) is 0 Å². The molecule has 48 heavy (non-hydrogen) atoms. The Morgan fingerprint density at radius 1 is 0.396 bits per heavy atom. The summed E-state index contributed by atoms with van der Waals surface area (Å²) in [5.74, 6) is 0. The van der Waals surface area contributed by atoms with E-state index in [9.17, 15) is 5.53 Å². The molecule has 0 aliphatic carbocycles. The van der Waals surface area contributed by atoms with Crippen molar-refractivity contribution in [2.24, 2.45) is 0 Å². The topological polar surface area (TPSA) is 25.3 Å². The predicted molar refractivity (Wildman–Crippen MR) is 211 cm³/mol. The van der Waals surface area contributed by atoms with E-state index in [0.29, 0.717) is 0 Å². The molecular formula is C46H72N2. The van der Waals surface area contributed by atoms with Crippen molar-refractivity contribution in [2.45, 2.75) is 196 Å². The number of aryl methyl sites for hydroxylation is 4. The zero-order valence-electron chi connectivity index (χ0n) is 32.3. The van der Waals surface area contributed by atoms with E-state index in [2.05, 4.69) is 77.9 Å². The van der Waals surface area contributed by atoms with Crippen molar-refractivity contribution in [3.8, 4) is 0 Å². The minimum Gasteiger partial charge on any atom is -0.493 e. The molecule has 0 N–H and O–H groups in total. The molecule has 1 heterocycles. The molecule has 0 amide bonds. The second-order valence-electron chi connectivity index (χ2n) is 15.0. The van der Waals surface area contributed by atoms with Crippen molar-refractivity contribution in [1.82, 2.24) is 0 Å². The Balaban J connectivity index is 1.90. The number of hydrogen-bond acceptors (Lipinski definition) is 0. The van der Waals surface area contributed by atoms with Crippen LogP contribution in [0.3, 0.4) is 0 Å². The fourth-order valence-electron chi connectivity index (χ4n) is 7.74. The Morgan fingerprint density at radius 2 is 0.750 bits per heavy atom. The van der Waals surface area contributed by atoms with Crippen LogP contribution in [0.5, 0.6) is 0 Å². The summed E-state index contributed by atoms with van der Waals surface area (Å²) in [6.45, 7) is 13.5. The monoisotopic (exact) mass is 653 g/mol. The average molecular weight is 653 g/mol. The number of benzene rings is 2. The van der Waals surface area contributed by atoms with Crippen LogP contribution in [0.15, 0.2) is 47.5 Å². The number of nitrogens with zero attached hydrogens (tertiary/aromatic N) is 2. The second kappa shape index (κ2) is 23.0. The van der Waals surface area contributed by atoms with Gasteiger partial charge < -0.3 is 5.53 Å². The van der Waals surface area contributed by atoms with E-state index in [1.54, 1.807) is 4.70 Å². The molecule has 2 heteroatoms. The molecule has 1 aliphatic rings. The predicted octanol–water partition coefficient (Wildman–Crippen LogP) is 15.2. The molecule has 0 saturated heterocycles. The molecule has 0 atom stereocenters. The molecule has 2 nitrogen and oxygen atoms in total. The van der Waals surface area contributed by atoms with Gasteiger partial charge in [-0.3, -0.25) is 0 Å². The maximum absolute atomic E-state index is 12.3. The third-order valence-electron chi connectivity index (χ3n) is 10.4. The highest BCUT2D eigenvalue weighted by molar-refractivity contribution is 5.82. The van der Waals surface area contributed by atoms with Gasteiger partial charge in [-0.2, -0.15) is 0 Å². The lowest BCUT2D eigenvalue weighted by Crippen LogP contribution is -2.05. The van der Waals surface area contributed by atoms with E-state index >= 15 is 0 Å². The minimum atomic E-state index is 1.02. The van der Waals surface area contributed by atoms with Crippen LogP contribution >= 0.6 is 0 Å². The van der Waals surface area contributed by atoms with Crippen molar-refractivity contribution >= 4 is 11.4 Å². The van der Waals surface area contributed by atoms with E-state index in [0.717, 1.165) is 55.5 Å². The van der Waals surface area contributed by atoms with Crippen LogP contribution in [0.25, 0.3) is 16.9 Å². The van der Waals surface area contributed by atoms with Crippen molar-refractivity contribution in [3.05, 3.63) is 86.5 Å². The molecule has 2 aromatic carbocycles. The molecular weight excluding hydrogens is 581 g/mol. The summed E-state index contributed by atoms with van der Waals surface area (Å²) in [4.78, 5) is 0. The van der Waals surface area contributed by atoms with E-state index in [1.807, 2.05) is 0 Å². The SMILES string of the molecule is CCCCCCCCCCCCCCC1=C(c2cc(CCCCC)cc(CCCCC)c2)[N+](=[N-])C(c2cc(C)cc(C)c2)=C1CCCC. The second-order valence-corrected chi connectivity index (χ2v) is 15.0. The lowest BCUT2D eigenvalue weighted by Gasteiger charge is -2.14. The van der Waals surface area contributed by atoms with Gasteiger partial charge in [-0.15, -0.1) is 0 Å². The number of rotatable bonds is 26. The summed E-state index contributed by atoms with van der Waals surface area (Å²) < 4.78 is 1.62. The first-order valence-electron chi connectivity index (χ1n) is 20.6. The van der Waals surface area contributed by atoms with Gasteiger partial charge in [0, 0.05) is 22.3 Å². The van der Waals surface area contributed by atoms with Gasteiger partial charge in [-0.1, -0.05) is 154 Å². The highest BCUT2D eigenvalue weighted by atomic mass is 15.2. The van der Waals surface area contributed by atoms with Crippen LogP contribution in [0.4, 0.5) is 0 Å². The molecule has 1 aliphatic heterocycles. The number of allylic oxidation sites excluding steroid dienone is 2. The fourth-order valence-corrected chi connectivity index (χ4v) is 7.74. The summed E-state index contributed by atoms with van der Waals surface area (Å²) >= 11 is 0. The first kappa shape index (κ1) is 40.0. The van der Waals surface area contributed by atoms with Crippen molar-refractivity contribution < 1.29 is 4.70 Å². The summed E-state index contributed by atoms with van der Waals surface area (Å²) in [7, 11) is 0. The molecule has 0 fully saturated rings. The van der Waals surface area contributed by atoms with Crippen molar-refractivity contribution in [1.29, 1.82) is 0 Å². The zero-order chi connectivity index (χ0) is 34.6. The van der Waals surface area contributed by atoms with Crippen LogP contribution in [-0.4, -0.2) is 4.70 Å². The lowest BCUT2D eigenvalue weighted by atomic mass is 9.90. The molecule has 0 unspecified atom stereocenters. The van der Waals surface area contributed by atoms with E-state index in [-0.39, 0.29) is 0 Å². The normalized spacial score (nSPS) is 13.4. The van der Waals surface area contributed by atoms with Gasteiger partial charge in [0.25, 0.3) is 0 Å². The van der Waals surface area contributed by atoms with Crippen molar-refractivity contribution in [3.63, 3.8) is 0 Å². The Bertz CT molecular complexity index is 1260. The molecule has 266 valence electrons. The van der Waals surface area contributed by atoms with Gasteiger partial charge in [0.1, 0.15) is 0 Å². The van der Waals surface area contributed by atoms with Gasteiger partial charge in [0.05, 0.1) is 0 Å². The molecule has 0 aromatic heterocycles. The van der Waals surface area contributed by atoms with Gasteiger partial charge in [0.15, 0.2) is 0 Å². The summed E-state index contributed by atoms with van der Waals surface area (Å²) in [6, 6.07) is 14.1. The standard InChI is InChI=1S/C46H72N2/c1-7-11-15-16-17-18-19-20-21-22-23-26-30-44-43(29-14-10-4)45(41-32-37(5)31-38(6)33-41)48(47)46(44)42-35-39(27-24-12-8-2)34-40(36-42)28-25-13-9-3/h31-36H,7-30H2,1-6H3. The van der Waals surface area contributed by atoms with Crippen LogP contribution in [0, 0.1) is 13.8 Å². The zero-order valence-corrected chi connectivity index (χ0v) is 32.3. The van der Waals surface area contributed by atoms with Crippen LogP contribution in [0.1, 0.15) is 202 Å². The number of unbranched alkanes of at least 4 members (excludes halogenated alkanes) is 16. The van der Waals surface area contributed by atoms with Crippen LogP contribution in [-0.2, 0) is 12.8 Å². The Kier molecular flexibility index (Phi) is 19.2. The third kappa shape index (κ3) is 13.1. The van der Waals surface area contributed by atoms with E-state index in [1.165, 1.54) is 155 Å². The first-order valence-corrected chi connectivity index (χ1v) is 20.6. The quantitative estimate of drug-likeness (QED) is 0.0714. The Morgan fingerprint density at radius 3 is 1.21 bits per heavy atom. The summed E-state index contributed by atoms with van der Waals surface area (Å²) in [5, 5.41) is 0. The van der Waals surface area contributed by atoms with Gasteiger partial charge >= 0.3 is 0 Å². The van der Waals surface area contributed by atoms with Gasteiger partial charge in [-0.25, -0.2) is 4.70 Å².